The lowest BCUT2D eigenvalue weighted by molar-refractivity contribution is -0.138. The number of anilines is 1. The Morgan fingerprint density at radius 1 is 1.11 bits per heavy atom. The van der Waals surface area contributed by atoms with Crippen molar-refractivity contribution in [3.63, 3.8) is 0 Å². The van der Waals surface area contributed by atoms with E-state index in [9.17, 15) is 27.9 Å². The zero-order chi connectivity index (χ0) is 31.6. The Morgan fingerprint density at radius 3 is 2.57 bits per heavy atom. The highest BCUT2D eigenvalue weighted by molar-refractivity contribution is 6.31. The van der Waals surface area contributed by atoms with E-state index in [1.54, 1.807) is 34.9 Å². The summed E-state index contributed by atoms with van der Waals surface area (Å²) in [7, 11) is 0. The van der Waals surface area contributed by atoms with Gasteiger partial charge >= 0.3 is 12.1 Å². The van der Waals surface area contributed by atoms with Crippen molar-refractivity contribution in [3.05, 3.63) is 92.5 Å². The van der Waals surface area contributed by atoms with E-state index in [-0.39, 0.29) is 47.5 Å². The van der Waals surface area contributed by atoms with Gasteiger partial charge in [-0.1, -0.05) is 48.8 Å². The van der Waals surface area contributed by atoms with Crippen LogP contribution in [0.5, 0.6) is 0 Å². The molecule has 4 aromatic rings. The van der Waals surface area contributed by atoms with Crippen LogP contribution in [0.2, 0.25) is 10.0 Å². The summed E-state index contributed by atoms with van der Waals surface area (Å²) < 4.78 is 60.0. The van der Waals surface area contributed by atoms with E-state index in [1.165, 1.54) is 6.07 Å². The van der Waals surface area contributed by atoms with E-state index >= 15 is 4.39 Å². The number of rotatable bonds is 4. The van der Waals surface area contributed by atoms with Gasteiger partial charge in [0.25, 0.3) is 0 Å². The Morgan fingerprint density at radius 2 is 1.87 bits per heavy atom. The van der Waals surface area contributed by atoms with Crippen LogP contribution < -0.4 is 5.32 Å². The molecule has 4 atom stereocenters. The van der Waals surface area contributed by atoms with E-state index < -0.39 is 46.5 Å². The van der Waals surface area contributed by atoms with E-state index in [2.05, 4.69) is 10.2 Å². The largest absolute Gasteiger partial charge is 0.478 e. The summed E-state index contributed by atoms with van der Waals surface area (Å²) in [6, 6.07) is 11.2. The Labute approximate surface area is 271 Å². The number of aryl methyl sites for hydroxylation is 1. The molecule has 2 N–H and O–H groups in total. The van der Waals surface area contributed by atoms with Crippen LogP contribution in [0.4, 0.5) is 23.2 Å². The van der Waals surface area contributed by atoms with Gasteiger partial charge in [0.2, 0.25) is 5.91 Å². The Hall–Kier alpha value is -3.67. The monoisotopic (exact) mass is 674 g/mol. The van der Waals surface area contributed by atoms with Gasteiger partial charge in [-0.25, -0.2) is 14.2 Å². The second kappa shape index (κ2) is 10.4. The molecule has 240 valence electrons. The minimum atomic E-state index is -4.91. The van der Waals surface area contributed by atoms with Gasteiger partial charge in [-0.3, -0.25) is 9.69 Å². The smallest absolute Gasteiger partial charge is 0.417 e. The fourth-order valence-electron chi connectivity index (χ4n) is 8.05. The van der Waals surface area contributed by atoms with Crippen molar-refractivity contribution in [2.45, 2.75) is 62.8 Å². The summed E-state index contributed by atoms with van der Waals surface area (Å²) >= 11 is 12.7. The molecule has 0 bridgehead atoms. The quantitative estimate of drug-likeness (QED) is 0.214. The maximum absolute atomic E-state index is 16.2. The predicted octanol–water partition coefficient (Wildman–Crippen LogP) is 8.05. The zero-order valence-corrected chi connectivity index (χ0v) is 24.8. The van der Waals surface area contributed by atoms with Crippen LogP contribution in [-0.4, -0.2) is 44.0 Å². The van der Waals surface area contributed by atoms with Crippen LogP contribution in [-0.2, 0) is 23.1 Å². The number of alkyl halides is 3. The summed E-state index contributed by atoms with van der Waals surface area (Å²) in [6.07, 6.45) is -2.52. The molecule has 2 fully saturated rings. The number of likely N-dealkylation sites (tertiary alicyclic amines) is 1. The van der Waals surface area contributed by atoms with Crippen LogP contribution in [0.25, 0.3) is 11.0 Å². The zero-order valence-electron chi connectivity index (χ0n) is 23.3. The van der Waals surface area contributed by atoms with Crippen molar-refractivity contribution in [2.24, 2.45) is 5.92 Å². The van der Waals surface area contributed by atoms with Crippen LogP contribution in [0.15, 0.2) is 48.5 Å². The SMILES string of the molecule is C.O=C(O)c1cc2nc3n(c2cc1C(F)(F)F)CC[C@H]1[C@@H]3[C@H](c2cccc(Cl)c2F)[C@]2(C(=O)Nc3cc(Cl)ccc32)N1CC1CC1. The average molecular weight is 676 g/mol. The number of nitrogens with one attached hydrogen (secondary N) is 1. The number of fused-ring (bicyclic) bond motifs is 7. The molecule has 1 saturated heterocycles. The number of carboxylic acid groups (broad SMARTS) is 1. The van der Waals surface area contributed by atoms with Crippen molar-refractivity contribution in [1.29, 1.82) is 0 Å². The second-order valence-electron chi connectivity index (χ2n) is 12.3. The first kappa shape index (κ1) is 31.0. The van der Waals surface area contributed by atoms with Crippen LogP contribution in [0.1, 0.15) is 71.4 Å². The molecule has 7 nitrogen and oxygen atoms in total. The van der Waals surface area contributed by atoms with Gasteiger partial charge in [-0.05, 0) is 61.1 Å². The number of carbonyl (C=O) groups is 2. The lowest BCUT2D eigenvalue weighted by Crippen LogP contribution is -2.53. The molecule has 0 radical (unpaired) electrons. The van der Waals surface area contributed by atoms with Crippen molar-refractivity contribution in [3.8, 4) is 0 Å². The van der Waals surface area contributed by atoms with Gasteiger partial charge in [0.05, 0.1) is 27.2 Å². The fraction of sp³-hybridized carbons (Fsp3) is 0.364. The number of aromatic carboxylic acids is 1. The van der Waals surface area contributed by atoms with Gasteiger partial charge in [0, 0.05) is 47.2 Å². The number of benzene rings is 3. The molecule has 4 aliphatic rings. The van der Waals surface area contributed by atoms with Crippen molar-refractivity contribution < 1.29 is 32.3 Å². The molecule has 8 rings (SSSR count). The van der Waals surface area contributed by atoms with Gasteiger partial charge in [-0.15, -0.1) is 0 Å². The molecule has 1 amide bonds. The number of carbonyl (C=O) groups excluding carboxylic acids is 1. The lowest BCUT2D eigenvalue weighted by atomic mass is 9.70. The predicted molar refractivity (Wildman–Crippen MR) is 165 cm³/mol. The first-order valence-electron chi connectivity index (χ1n) is 14.6. The van der Waals surface area contributed by atoms with E-state index in [1.807, 2.05) is 0 Å². The van der Waals surface area contributed by atoms with Crippen molar-refractivity contribution >= 4 is 51.8 Å². The molecule has 3 aromatic carbocycles. The van der Waals surface area contributed by atoms with Gasteiger partial charge in [0.15, 0.2) is 0 Å². The maximum Gasteiger partial charge on any atom is 0.417 e. The first-order valence-corrected chi connectivity index (χ1v) is 15.3. The number of hydrogen-bond acceptors (Lipinski definition) is 4. The Bertz CT molecular complexity index is 1960. The van der Waals surface area contributed by atoms with E-state index in [0.29, 0.717) is 41.0 Å². The molecule has 0 unspecified atom stereocenters. The van der Waals surface area contributed by atoms with E-state index in [4.69, 9.17) is 28.2 Å². The third-order valence-corrected chi connectivity index (χ3v) is 10.5. The molecule has 1 spiro atoms. The van der Waals surface area contributed by atoms with Crippen LogP contribution in [0.3, 0.4) is 0 Å². The highest BCUT2D eigenvalue weighted by atomic mass is 35.5. The summed E-state index contributed by atoms with van der Waals surface area (Å²) in [6.45, 7) is 0.824. The first-order chi connectivity index (χ1) is 21.4. The van der Waals surface area contributed by atoms with Crippen molar-refractivity contribution in [2.75, 3.05) is 11.9 Å². The summed E-state index contributed by atoms with van der Waals surface area (Å²) in [5.74, 6) is -3.62. The number of amides is 1. The Balaban J connectivity index is 0.00000338. The number of hydrogen-bond donors (Lipinski definition) is 2. The molecule has 3 aliphatic heterocycles. The normalized spacial score (nSPS) is 25.3. The number of imidazole rings is 1. The highest BCUT2D eigenvalue weighted by Gasteiger charge is 2.69. The molecule has 4 heterocycles. The minimum Gasteiger partial charge on any atom is -0.478 e. The van der Waals surface area contributed by atoms with Gasteiger partial charge in [-0.2, -0.15) is 13.2 Å². The number of aromatic nitrogens is 2. The molecule has 1 saturated carbocycles. The van der Waals surface area contributed by atoms with Gasteiger partial charge in [0.1, 0.15) is 17.2 Å². The molecule has 1 aromatic heterocycles. The van der Waals surface area contributed by atoms with Crippen LogP contribution >= 0.6 is 23.2 Å². The van der Waals surface area contributed by atoms with Crippen LogP contribution in [0, 0.1) is 11.7 Å². The molecular formula is C33H28Cl2F4N4O3. The Kier molecular flexibility index (Phi) is 7.01. The second-order valence-corrected chi connectivity index (χ2v) is 13.2. The maximum atomic E-state index is 16.2. The third-order valence-electron chi connectivity index (χ3n) is 9.93. The number of halogens is 6. The molecule has 1 aliphatic carbocycles. The standard InChI is InChI=1S/C32H24Cl2F4N4O3.CH4/c33-15-6-7-18-21(10-15)40-30(45)31(18)26(16-2-1-3-20(34)27(16)35)25-23(42(31)13-14-4-5-14)8-9-41-24-12-19(32(36,37)38)17(29(43)44)11-22(24)39-28(25)41;/h1-3,6-7,10-12,14,23,25-26H,4-5,8-9,13H2,(H,40,45)(H,43,44);1H4/t23-,25+,26-,31+;/m0./s1. The molecule has 46 heavy (non-hydrogen) atoms. The minimum absolute atomic E-state index is 0. The molecule has 13 heteroatoms. The summed E-state index contributed by atoms with van der Waals surface area (Å²) in [4.78, 5) is 33.3. The average Bonchev–Trinajstić information content (AvgIpc) is 3.57. The number of nitrogens with zero attached hydrogens (tertiary/aromatic N) is 3. The molecular weight excluding hydrogens is 647 g/mol. The lowest BCUT2D eigenvalue weighted by Gasteiger charge is -2.40. The topological polar surface area (TPSA) is 87.5 Å². The van der Waals surface area contributed by atoms with E-state index in [0.717, 1.165) is 25.0 Å². The highest BCUT2D eigenvalue weighted by Crippen LogP contribution is 2.64. The summed E-state index contributed by atoms with van der Waals surface area (Å²) in [5, 5.41) is 12.9. The van der Waals surface area contributed by atoms with Gasteiger partial charge < -0.3 is 15.0 Å². The summed E-state index contributed by atoms with van der Waals surface area (Å²) in [5.41, 5.74) is -2.04. The van der Waals surface area contributed by atoms with Crippen molar-refractivity contribution in [1.82, 2.24) is 14.5 Å². The number of carboxylic acids is 1. The third kappa shape index (κ3) is 4.24. The fourth-order valence-corrected chi connectivity index (χ4v) is 8.40.